The quantitative estimate of drug-likeness (QED) is 0.234. The highest BCUT2D eigenvalue weighted by atomic mass is 16.4. The van der Waals surface area contributed by atoms with Crippen molar-refractivity contribution in [1.82, 2.24) is 4.98 Å². The molecule has 0 aliphatic carbocycles. The van der Waals surface area contributed by atoms with Crippen molar-refractivity contribution in [3.8, 4) is 5.75 Å². The fourth-order valence-electron chi connectivity index (χ4n) is 1.42. The van der Waals surface area contributed by atoms with Gasteiger partial charge in [-0.3, -0.25) is 0 Å². The first-order chi connectivity index (χ1) is 6.74. The Bertz CT molecular complexity index is 502. The number of benzene rings is 1. The van der Waals surface area contributed by atoms with Gasteiger partial charge in [0.05, 0.1) is 5.39 Å². The van der Waals surface area contributed by atoms with Gasteiger partial charge in [0.2, 0.25) is 0 Å². The predicted molar refractivity (Wildman–Crippen MR) is 52.5 cm³/mol. The van der Waals surface area contributed by atoms with E-state index in [1.54, 1.807) is 24.4 Å². The number of aromatic amines is 1. The van der Waals surface area contributed by atoms with Gasteiger partial charge in [-0.1, -0.05) is 11.2 Å². The molecule has 2 aromatic rings. The smallest absolute Gasteiger partial charge is 0.172 e. The molecule has 5 nitrogen and oxygen atoms in total. The zero-order valence-corrected chi connectivity index (χ0v) is 7.23. The van der Waals surface area contributed by atoms with Crippen LogP contribution in [0.1, 0.15) is 5.56 Å². The molecule has 0 unspecified atom stereocenters. The molecule has 0 atom stereocenters. The van der Waals surface area contributed by atoms with E-state index in [-0.39, 0.29) is 11.6 Å². The molecule has 5 N–H and O–H groups in total. The number of nitrogens with two attached hydrogens (primary N) is 1. The molecule has 0 bridgehead atoms. The van der Waals surface area contributed by atoms with Crippen LogP contribution in [-0.4, -0.2) is 21.1 Å². The van der Waals surface area contributed by atoms with Gasteiger partial charge in [-0.05, 0) is 12.1 Å². The van der Waals surface area contributed by atoms with Crippen molar-refractivity contribution >= 4 is 16.7 Å². The summed E-state index contributed by atoms with van der Waals surface area (Å²) >= 11 is 0. The molecule has 0 amide bonds. The highest BCUT2D eigenvalue weighted by Gasteiger charge is 2.10. The van der Waals surface area contributed by atoms with Crippen molar-refractivity contribution < 1.29 is 10.3 Å². The Morgan fingerprint density at radius 3 is 2.93 bits per heavy atom. The summed E-state index contributed by atoms with van der Waals surface area (Å²) in [6.45, 7) is 0. The Morgan fingerprint density at radius 1 is 1.43 bits per heavy atom. The number of phenols is 1. The van der Waals surface area contributed by atoms with E-state index in [1.165, 1.54) is 0 Å². The molecular formula is C9H9N3O2. The topological polar surface area (TPSA) is 94.6 Å². The molecule has 0 spiro atoms. The van der Waals surface area contributed by atoms with Crippen LogP contribution in [0.25, 0.3) is 10.9 Å². The Balaban J connectivity index is 2.80. The second-order valence-electron chi connectivity index (χ2n) is 2.89. The number of phenolic OH excluding ortho intramolecular Hbond substituents is 1. The largest absolute Gasteiger partial charge is 0.507 e. The first-order valence-electron chi connectivity index (χ1n) is 4.01. The van der Waals surface area contributed by atoms with E-state index in [2.05, 4.69) is 10.1 Å². The Morgan fingerprint density at radius 2 is 2.21 bits per heavy atom. The molecule has 0 radical (unpaired) electrons. The lowest BCUT2D eigenvalue weighted by atomic mass is 10.1. The number of fused-ring (bicyclic) bond motifs is 1. The lowest BCUT2D eigenvalue weighted by Crippen LogP contribution is -2.12. The summed E-state index contributed by atoms with van der Waals surface area (Å²) in [6, 6.07) is 5.05. The first kappa shape index (κ1) is 8.43. The molecule has 1 aromatic carbocycles. The first-order valence-corrected chi connectivity index (χ1v) is 4.01. The molecule has 0 fully saturated rings. The number of amidine groups is 1. The van der Waals surface area contributed by atoms with Crippen LogP contribution in [0.3, 0.4) is 0 Å². The van der Waals surface area contributed by atoms with Crippen LogP contribution >= 0.6 is 0 Å². The number of aromatic hydroxyl groups is 1. The van der Waals surface area contributed by atoms with Crippen molar-refractivity contribution in [2.75, 3.05) is 0 Å². The minimum atomic E-state index is -0.0299. The summed E-state index contributed by atoms with van der Waals surface area (Å²) in [6.07, 6.45) is 1.58. The second-order valence-corrected chi connectivity index (χ2v) is 2.89. The average molecular weight is 191 g/mol. The number of nitrogens with one attached hydrogen (secondary N) is 1. The van der Waals surface area contributed by atoms with Gasteiger partial charge in [0.25, 0.3) is 0 Å². The SMILES string of the molecule is NC(=NO)c1c[nH]c2cccc(O)c12. The van der Waals surface area contributed by atoms with Crippen LogP contribution in [0.4, 0.5) is 0 Å². The second kappa shape index (κ2) is 2.95. The van der Waals surface area contributed by atoms with Crippen molar-refractivity contribution in [3.05, 3.63) is 30.0 Å². The van der Waals surface area contributed by atoms with Gasteiger partial charge in [-0.25, -0.2) is 0 Å². The maximum absolute atomic E-state index is 9.57. The van der Waals surface area contributed by atoms with Gasteiger partial charge >= 0.3 is 0 Å². The van der Waals surface area contributed by atoms with E-state index in [9.17, 15) is 5.11 Å². The number of oxime groups is 1. The number of aromatic nitrogens is 1. The summed E-state index contributed by atoms with van der Waals surface area (Å²) in [5.41, 5.74) is 6.67. The van der Waals surface area contributed by atoms with E-state index < -0.39 is 0 Å². The maximum Gasteiger partial charge on any atom is 0.172 e. The molecule has 5 heteroatoms. The zero-order valence-electron chi connectivity index (χ0n) is 7.23. The van der Waals surface area contributed by atoms with Crippen LogP contribution in [0, 0.1) is 0 Å². The Kier molecular flexibility index (Phi) is 1.78. The van der Waals surface area contributed by atoms with Crippen LogP contribution < -0.4 is 5.73 Å². The van der Waals surface area contributed by atoms with Crippen molar-refractivity contribution in [1.29, 1.82) is 0 Å². The van der Waals surface area contributed by atoms with Crippen LogP contribution in [0.5, 0.6) is 5.75 Å². The van der Waals surface area contributed by atoms with Crippen molar-refractivity contribution in [2.24, 2.45) is 10.9 Å². The van der Waals surface area contributed by atoms with Gasteiger partial charge in [-0.15, -0.1) is 0 Å². The van der Waals surface area contributed by atoms with E-state index in [4.69, 9.17) is 10.9 Å². The standard InChI is InChI=1S/C9H9N3O2/c10-9(12-14)5-4-11-6-2-1-3-7(13)8(5)6/h1-4,11,13-14H,(H2,10,12). The molecule has 0 aliphatic rings. The molecule has 1 heterocycles. The number of hydrogen-bond acceptors (Lipinski definition) is 3. The van der Waals surface area contributed by atoms with Crippen LogP contribution in [0.15, 0.2) is 29.6 Å². The molecular weight excluding hydrogens is 182 g/mol. The third kappa shape index (κ3) is 1.06. The lowest BCUT2D eigenvalue weighted by Gasteiger charge is -1.98. The number of H-pyrrole nitrogens is 1. The molecule has 0 aliphatic heterocycles. The van der Waals surface area contributed by atoms with Crippen molar-refractivity contribution in [3.63, 3.8) is 0 Å². The molecule has 0 saturated carbocycles. The van der Waals surface area contributed by atoms with Crippen molar-refractivity contribution in [2.45, 2.75) is 0 Å². The number of nitrogens with zero attached hydrogens (tertiary/aromatic N) is 1. The third-order valence-corrected chi connectivity index (χ3v) is 2.07. The zero-order chi connectivity index (χ0) is 10.1. The summed E-state index contributed by atoms with van der Waals surface area (Å²) in [4.78, 5) is 2.91. The Labute approximate surface area is 79.5 Å². The van der Waals surface area contributed by atoms with E-state index in [1.807, 2.05) is 0 Å². The summed E-state index contributed by atoms with van der Waals surface area (Å²) in [5.74, 6) is 0.0723. The van der Waals surface area contributed by atoms with Gasteiger partial charge in [0.1, 0.15) is 5.75 Å². The third-order valence-electron chi connectivity index (χ3n) is 2.07. The average Bonchev–Trinajstić information content (AvgIpc) is 2.62. The summed E-state index contributed by atoms with van der Waals surface area (Å²) in [5, 5.41) is 21.5. The molecule has 1 aromatic heterocycles. The van der Waals surface area contributed by atoms with Gasteiger partial charge < -0.3 is 21.0 Å². The minimum Gasteiger partial charge on any atom is -0.507 e. The van der Waals surface area contributed by atoms with E-state index >= 15 is 0 Å². The minimum absolute atomic E-state index is 0.0299. The highest BCUT2D eigenvalue weighted by Crippen LogP contribution is 2.27. The fourth-order valence-corrected chi connectivity index (χ4v) is 1.42. The molecule has 14 heavy (non-hydrogen) atoms. The number of hydrogen-bond donors (Lipinski definition) is 4. The lowest BCUT2D eigenvalue weighted by molar-refractivity contribution is 0.318. The van der Waals surface area contributed by atoms with Gasteiger partial charge in [0, 0.05) is 17.3 Å². The number of rotatable bonds is 1. The van der Waals surface area contributed by atoms with Crippen LogP contribution in [0.2, 0.25) is 0 Å². The Hall–Kier alpha value is -2.17. The molecule has 2 rings (SSSR count). The fraction of sp³-hybridized carbons (Fsp3) is 0. The molecule has 0 saturated heterocycles. The van der Waals surface area contributed by atoms with E-state index in [0.717, 1.165) is 5.52 Å². The van der Waals surface area contributed by atoms with E-state index in [0.29, 0.717) is 10.9 Å². The summed E-state index contributed by atoms with van der Waals surface area (Å²) in [7, 11) is 0. The highest BCUT2D eigenvalue weighted by molar-refractivity contribution is 6.10. The van der Waals surface area contributed by atoms with Crippen LogP contribution in [-0.2, 0) is 0 Å². The normalized spacial score (nSPS) is 12.1. The van der Waals surface area contributed by atoms with Gasteiger partial charge in [0.15, 0.2) is 5.84 Å². The molecule has 72 valence electrons. The maximum atomic E-state index is 9.57. The van der Waals surface area contributed by atoms with Gasteiger partial charge in [-0.2, -0.15) is 0 Å². The monoisotopic (exact) mass is 191 g/mol. The predicted octanol–water partition coefficient (Wildman–Crippen LogP) is 0.968. The summed E-state index contributed by atoms with van der Waals surface area (Å²) < 4.78 is 0.